The number of hydrogen-bond donors (Lipinski definition) is 1. The summed E-state index contributed by atoms with van der Waals surface area (Å²) in [4.78, 5) is 21.9. The fourth-order valence-corrected chi connectivity index (χ4v) is 1.40. The van der Waals surface area contributed by atoms with E-state index in [1.807, 2.05) is 6.07 Å². The highest BCUT2D eigenvalue weighted by Crippen LogP contribution is 2.18. The largest absolute Gasteiger partial charge is 0.493 e. The van der Waals surface area contributed by atoms with Crippen LogP contribution in [0.4, 0.5) is 0 Å². The second kappa shape index (κ2) is 6.68. The van der Waals surface area contributed by atoms with Gasteiger partial charge in [0.25, 0.3) is 0 Å². The summed E-state index contributed by atoms with van der Waals surface area (Å²) in [6.45, 7) is 4.05. The van der Waals surface area contributed by atoms with Crippen LogP contribution in [0, 0.1) is 0 Å². The normalized spacial score (nSPS) is 9.76. The van der Waals surface area contributed by atoms with Crippen molar-refractivity contribution < 1.29 is 14.3 Å². The molecule has 17 heavy (non-hydrogen) atoms. The van der Waals surface area contributed by atoms with Crippen LogP contribution in [0.15, 0.2) is 24.3 Å². The Morgan fingerprint density at radius 3 is 2.59 bits per heavy atom. The van der Waals surface area contributed by atoms with Crippen LogP contribution in [0.25, 0.3) is 0 Å². The van der Waals surface area contributed by atoms with Gasteiger partial charge < -0.3 is 10.1 Å². The molecule has 0 heterocycles. The Bertz CT molecular complexity index is 401. The van der Waals surface area contributed by atoms with Crippen LogP contribution < -0.4 is 10.1 Å². The Kier molecular flexibility index (Phi) is 5.20. The summed E-state index contributed by atoms with van der Waals surface area (Å²) in [5.41, 5.74) is 0.590. The molecular weight excluding hydrogens is 218 g/mol. The minimum Gasteiger partial charge on any atom is -0.493 e. The summed E-state index contributed by atoms with van der Waals surface area (Å²) >= 11 is 0. The average molecular weight is 235 g/mol. The fraction of sp³-hybridized carbons (Fsp3) is 0.385. The molecule has 4 heteroatoms. The summed E-state index contributed by atoms with van der Waals surface area (Å²) in [5, 5.41) is 2.68. The number of rotatable bonds is 6. The van der Waals surface area contributed by atoms with Crippen LogP contribution in [-0.4, -0.2) is 24.8 Å². The highest BCUT2D eigenvalue weighted by Gasteiger charge is 2.06. The first-order valence-corrected chi connectivity index (χ1v) is 5.58. The monoisotopic (exact) mass is 235 g/mol. The third kappa shape index (κ3) is 4.68. The molecule has 0 atom stereocenters. The molecule has 1 aromatic carbocycles. The number of ketones is 1. The van der Waals surface area contributed by atoms with Crippen molar-refractivity contribution in [2.45, 2.75) is 20.3 Å². The molecular formula is C13H17NO3. The zero-order chi connectivity index (χ0) is 12.7. The lowest BCUT2D eigenvalue weighted by atomic mass is 10.1. The number of nitrogens with one attached hydrogen (secondary N) is 1. The van der Waals surface area contributed by atoms with Gasteiger partial charge in [0.1, 0.15) is 5.75 Å². The maximum Gasteiger partial charge on any atom is 0.216 e. The number of carbonyl (C=O) groups excluding carboxylic acids is 2. The predicted molar refractivity (Wildman–Crippen MR) is 65.2 cm³/mol. The third-order valence-electron chi connectivity index (χ3n) is 2.22. The van der Waals surface area contributed by atoms with Gasteiger partial charge in [0.15, 0.2) is 5.78 Å². The molecule has 0 saturated carbocycles. The maximum atomic E-state index is 11.3. The van der Waals surface area contributed by atoms with Gasteiger partial charge >= 0.3 is 0 Å². The Morgan fingerprint density at radius 2 is 1.94 bits per heavy atom. The van der Waals surface area contributed by atoms with E-state index in [1.165, 1.54) is 13.8 Å². The molecule has 0 spiro atoms. The Labute approximate surface area is 101 Å². The molecule has 0 aliphatic rings. The molecule has 1 N–H and O–H groups in total. The van der Waals surface area contributed by atoms with Gasteiger partial charge in [-0.1, -0.05) is 12.1 Å². The standard InChI is InChI=1S/C13H17NO3/c1-10(15)12-6-3-4-7-13(12)17-9-5-8-14-11(2)16/h3-4,6-7H,5,8-9H2,1-2H3,(H,14,16). The average Bonchev–Trinajstić information content (AvgIpc) is 2.28. The van der Waals surface area contributed by atoms with E-state index in [9.17, 15) is 9.59 Å². The first kappa shape index (κ1) is 13.2. The van der Waals surface area contributed by atoms with Gasteiger partial charge in [-0.15, -0.1) is 0 Å². The molecule has 1 amide bonds. The van der Waals surface area contributed by atoms with E-state index in [1.54, 1.807) is 18.2 Å². The zero-order valence-electron chi connectivity index (χ0n) is 10.2. The van der Waals surface area contributed by atoms with E-state index in [4.69, 9.17) is 4.74 Å². The Morgan fingerprint density at radius 1 is 1.24 bits per heavy atom. The number of para-hydroxylation sites is 1. The molecule has 0 aromatic heterocycles. The molecule has 0 unspecified atom stereocenters. The summed E-state index contributed by atoms with van der Waals surface area (Å²) in [6.07, 6.45) is 0.714. The molecule has 1 rings (SSSR count). The highest BCUT2D eigenvalue weighted by molar-refractivity contribution is 5.96. The van der Waals surface area contributed by atoms with Crippen LogP contribution in [0.2, 0.25) is 0 Å². The molecule has 4 nitrogen and oxygen atoms in total. The summed E-state index contributed by atoms with van der Waals surface area (Å²) in [6, 6.07) is 7.15. The lowest BCUT2D eigenvalue weighted by Gasteiger charge is -2.09. The molecule has 0 fully saturated rings. The second-order valence-corrected chi connectivity index (χ2v) is 3.74. The van der Waals surface area contributed by atoms with Crippen molar-refractivity contribution in [2.75, 3.05) is 13.2 Å². The molecule has 92 valence electrons. The SMILES string of the molecule is CC(=O)NCCCOc1ccccc1C(C)=O. The van der Waals surface area contributed by atoms with Gasteiger partial charge in [-0.05, 0) is 25.5 Å². The van der Waals surface area contributed by atoms with Gasteiger partial charge in [-0.25, -0.2) is 0 Å². The predicted octanol–water partition coefficient (Wildman–Crippen LogP) is 1.79. The van der Waals surface area contributed by atoms with E-state index in [-0.39, 0.29) is 11.7 Å². The van der Waals surface area contributed by atoms with Crippen LogP contribution in [0.3, 0.4) is 0 Å². The number of amides is 1. The number of ether oxygens (including phenoxy) is 1. The van der Waals surface area contributed by atoms with E-state index in [0.29, 0.717) is 30.9 Å². The summed E-state index contributed by atoms with van der Waals surface area (Å²) < 4.78 is 5.51. The number of Topliss-reactive ketones (excluding diaryl/α,β-unsaturated/α-hetero) is 1. The van der Waals surface area contributed by atoms with E-state index < -0.39 is 0 Å². The van der Waals surface area contributed by atoms with Gasteiger partial charge in [-0.3, -0.25) is 9.59 Å². The van der Waals surface area contributed by atoms with Crippen LogP contribution in [-0.2, 0) is 4.79 Å². The molecule has 0 bridgehead atoms. The summed E-state index contributed by atoms with van der Waals surface area (Å²) in [5.74, 6) is 0.541. The summed E-state index contributed by atoms with van der Waals surface area (Å²) in [7, 11) is 0. The number of hydrogen-bond acceptors (Lipinski definition) is 3. The van der Waals surface area contributed by atoms with Crippen molar-refractivity contribution in [3.8, 4) is 5.75 Å². The van der Waals surface area contributed by atoms with Crippen LogP contribution in [0.5, 0.6) is 5.75 Å². The van der Waals surface area contributed by atoms with Crippen molar-refractivity contribution in [1.29, 1.82) is 0 Å². The second-order valence-electron chi connectivity index (χ2n) is 3.74. The molecule has 0 saturated heterocycles. The Hall–Kier alpha value is -1.84. The third-order valence-corrected chi connectivity index (χ3v) is 2.22. The molecule has 1 aromatic rings. The zero-order valence-corrected chi connectivity index (χ0v) is 10.2. The smallest absolute Gasteiger partial charge is 0.216 e. The first-order chi connectivity index (χ1) is 8.11. The van der Waals surface area contributed by atoms with Crippen LogP contribution in [0.1, 0.15) is 30.6 Å². The van der Waals surface area contributed by atoms with E-state index in [0.717, 1.165) is 0 Å². The quantitative estimate of drug-likeness (QED) is 0.604. The minimum absolute atomic E-state index is 0.0116. The lowest BCUT2D eigenvalue weighted by Crippen LogP contribution is -2.22. The maximum absolute atomic E-state index is 11.3. The topological polar surface area (TPSA) is 55.4 Å². The molecule has 0 aliphatic carbocycles. The minimum atomic E-state index is -0.0471. The van der Waals surface area contributed by atoms with E-state index in [2.05, 4.69) is 5.32 Å². The molecule has 0 radical (unpaired) electrons. The molecule has 0 aliphatic heterocycles. The van der Waals surface area contributed by atoms with Gasteiger partial charge in [-0.2, -0.15) is 0 Å². The van der Waals surface area contributed by atoms with Crippen molar-refractivity contribution in [2.24, 2.45) is 0 Å². The number of benzene rings is 1. The highest BCUT2D eigenvalue weighted by atomic mass is 16.5. The van der Waals surface area contributed by atoms with Gasteiger partial charge in [0, 0.05) is 13.5 Å². The van der Waals surface area contributed by atoms with E-state index >= 15 is 0 Å². The van der Waals surface area contributed by atoms with Crippen molar-refractivity contribution in [3.63, 3.8) is 0 Å². The van der Waals surface area contributed by atoms with Crippen molar-refractivity contribution >= 4 is 11.7 Å². The number of carbonyl (C=O) groups is 2. The van der Waals surface area contributed by atoms with Gasteiger partial charge in [0.05, 0.1) is 12.2 Å². The van der Waals surface area contributed by atoms with Crippen LogP contribution >= 0.6 is 0 Å². The van der Waals surface area contributed by atoms with Crippen molar-refractivity contribution in [1.82, 2.24) is 5.32 Å². The van der Waals surface area contributed by atoms with Gasteiger partial charge in [0.2, 0.25) is 5.91 Å². The Balaban J connectivity index is 2.41. The lowest BCUT2D eigenvalue weighted by molar-refractivity contribution is -0.118. The van der Waals surface area contributed by atoms with Crippen molar-refractivity contribution in [3.05, 3.63) is 29.8 Å². The first-order valence-electron chi connectivity index (χ1n) is 5.58. The fourth-order valence-electron chi connectivity index (χ4n) is 1.40.